The van der Waals surface area contributed by atoms with E-state index in [1.807, 2.05) is 0 Å². The molecule has 0 saturated heterocycles. The van der Waals surface area contributed by atoms with Crippen LogP contribution in [0.25, 0.3) is 0 Å². The van der Waals surface area contributed by atoms with Crippen molar-refractivity contribution in [3.8, 4) is 11.6 Å². The third-order valence-corrected chi connectivity index (χ3v) is 2.62. The highest BCUT2D eigenvalue weighted by Gasteiger charge is 2.46. The topological polar surface area (TPSA) is 75.5 Å². The lowest BCUT2D eigenvalue weighted by Gasteiger charge is -2.15. The van der Waals surface area contributed by atoms with Gasteiger partial charge in [-0.05, 0) is 24.4 Å². The number of hydrogen-bond donors (Lipinski definition) is 2. The van der Waals surface area contributed by atoms with Gasteiger partial charge < -0.3 is 14.9 Å². The maximum Gasteiger partial charge on any atom is 0.263 e. The number of hydrogen-bond acceptors (Lipinski definition) is 5. The Balaban J connectivity index is 2.28. The van der Waals surface area contributed by atoms with Crippen molar-refractivity contribution >= 4 is 23.2 Å². The van der Waals surface area contributed by atoms with E-state index in [0.29, 0.717) is 12.8 Å². The van der Waals surface area contributed by atoms with Gasteiger partial charge in [0.2, 0.25) is 11.0 Å². The van der Waals surface area contributed by atoms with E-state index >= 15 is 0 Å². The summed E-state index contributed by atoms with van der Waals surface area (Å²) in [6.07, 6.45) is 1.42. The van der Waals surface area contributed by atoms with Crippen molar-refractivity contribution in [1.82, 2.24) is 9.97 Å². The number of aliphatic hydroxyl groups is 1. The molecule has 2 rings (SSSR count). The number of ether oxygens (including phenoxy) is 1. The smallest absolute Gasteiger partial charge is 0.263 e. The SMILES string of the molecule is OCC1(Oc2nc(Cl)nc(Cl)c2O)CC1. The van der Waals surface area contributed by atoms with Crippen LogP contribution < -0.4 is 4.74 Å². The second kappa shape index (κ2) is 3.66. The lowest BCUT2D eigenvalue weighted by atomic mass is 10.4. The molecule has 1 aliphatic rings. The molecule has 15 heavy (non-hydrogen) atoms. The van der Waals surface area contributed by atoms with Crippen LogP contribution in [0.2, 0.25) is 10.4 Å². The summed E-state index contributed by atoms with van der Waals surface area (Å²) in [4.78, 5) is 7.23. The minimum atomic E-state index is -0.640. The van der Waals surface area contributed by atoms with Crippen LogP contribution in [0.3, 0.4) is 0 Å². The zero-order chi connectivity index (χ0) is 11.1. The Kier molecular flexibility index (Phi) is 2.62. The van der Waals surface area contributed by atoms with Crippen LogP contribution in [0.5, 0.6) is 11.6 Å². The Morgan fingerprint density at radius 1 is 1.33 bits per heavy atom. The quantitative estimate of drug-likeness (QED) is 0.627. The van der Waals surface area contributed by atoms with E-state index in [2.05, 4.69) is 9.97 Å². The fourth-order valence-corrected chi connectivity index (χ4v) is 1.46. The van der Waals surface area contributed by atoms with Crippen molar-refractivity contribution < 1.29 is 14.9 Å². The molecule has 1 fully saturated rings. The number of halogens is 2. The van der Waals surface area contributed by atoms with Crippen LogP contribution in [0, 0.1) is 0 Å². The fourth-order valence-electron chi connectivity index (χ4n) is 1.09. The fraction of sp³-hybridized carbons (Fsp3) is 0.500. The standard InChI is InChI=1S/C8H8Cl2N2O3/c9-5-4(14)6(12-7(10)11-5)15-8(3-13)1-2-8/h13-14H,1-3H2. The first-order valence-corrected chi connectivity index (χ1v) is 5.04. The number of aromatic nitrogens is 2. The Bertz CT molecular complexity index is 396. The lowest BCUT2D eigenvalue weighted by Crippen LogP contribution is -2.23. The van der Waals surface area contributed by atoms with E-state index < -0.39 is 5.60 Å². The Hall–Kier alpha value is -0.780. The van der Waals surface area contributed by atoms with Crippen LogP contribution in [0.15, 0.2) is 0 Å². The molecule has 1 heterocycles. The van der Waals surface area contributed by atoms with Gasteiger partial charge in [-0.2, -0.15) is 4.98 Å². The number of aliphatic hydroxyl groups excluding tert-OH is 1. The van der Waals surface area contributed by atoms with E-state index in [9.17, 15) is 5.11 Å². The summed E-state index contributed by atoms with van der Waals surface area (Å²) in [7, 11) is 0. The van der Waals surface area contributed by atoms with Crippen molar-refractivity contribution in [2.45, 2.75) is 18.4 Å². The average molecular weight is 251 g/mol. The van der Waals surface area contributed by atoms with Gasteiger partial charge >= 0.3 is 0 Å². The third-order valence-electron chi connectivity index (χ3n) is 2.19. The summed E-state index contributed by atoms with van der Waals surface area (Å²) in [5.41, 5.74) is -0.640. The molecule has 7 heteroatoms. The van der Waals surface area contributed by atoms with Gasteiger partial charge in [-0.3, -0.25) is 0 Å². The molecule has 0 amide bonds. The van der Waals surface area contributed by atoms with Crippen molar-refractivity contribution in [3.05, 3.63) is 10.4 Å². The first-order chi connectivity index (χ1) is 7.06. The Morgan fingerprint density at radius 2 is 2.00 bits per heavy atom. The largest absolute Gasteiger partial charge is 0.501 e. The predicted octanol–water partition coefficient (Wildman–Crippen LogP) is 1.39. The molecule has 0 unspecified atom stereocenters. The number of aromatic hydroxyl groups is 1. The second-order valence-electron chi connectivity index (χ2n) is 3.38. The van der Waals surface area contributed by atoms with Crippen molar-refractivity contribution in [1.29, 1.82) is 0 Å². The summed E-state index contributed by atoms with van der Waals surface area (Å²) in [5.74, 6) is -0.452. The minimum Gasteiger partial charge on any atom is -0.501 e. The van der Waals surface area contributed by atoms with Crippen LogP contribution >= 0.6 is 23.2 Å². The first kappa shape index (κ1) is 10.7. The van der Waals surface area contributed by atoms with Gasteiger partial charge in [0.1, 0.15) is 5.60 Å². The molecule has 0 aromatic carbocycles. The second-order valence-corrected chi connectivity index (χ2v) is 4.08. The molecule has 1 aliphatic carbocycles. The van der Waals surface area contributed by atoms with Gasteiger partial charge in [-0.15, -0.1) is 0 Å². The molecular weight excluding hydrogens is 243 g/mol. The van der Waals surface area contributed by atoms with E-state index in [1.54, 1.807) is 0 Å². The highest BCUT2D eigenvalue weighted by atomic mass is 35.5. The van der Waals surface area contributed by atoms with Crippen molar-refractivity contribution in [2.24, 2.45) is 0 Å². The van der Waals surface area contributed by atoms with E-state index in [1.165, 1.54) is 0 Å². The summed E-state index contributed by atoms with van der Waals surface area (Å²) in [6.45, 7) is -0.133. The minimum absolute atomic E-state index is 0.0912. The van der Waals surface area contributed by atoms with E-state index in [4.69, 9.17) is 33.0 Å². The van der Waals surface area contributed by atoms with Gasteiger partial charge in [0.05, 0.1) is 6.61 Å². The maximum absolute atomic E-state index is 9.49. The molecule has 0 bridgehead atoms. The Labute approximate surface area is 95.6 Å². The zero-order valence-electron chi connectivity index (χ0n) is 7.57. The molecule has 0 atom stereocenters. The predicted molar refractivity (Wildman–Crippen MR) is 53.4 cm³/mol. The highest BCUT2D eigenvalue weighted by Crippen LogP contribution is 2.42. The molecular formula is C8H8Cl2N2O3. The van der Waals surface area contributed by atoms with Gasteiger partial charge in [0.25, 0.3) is 5.88 Å². The third kappa shape index (κ3) is 2.09. The van der Waals surface area contributed by atoms with Crippen LogP contribution in [-0.2, 0) is 0 Å². The van der Waals surface area contributed by atoms with Gasteiger partial charge in [-0.1, -0.05) is 11.6 Å². The number of rotatable bonds is 3. The molecule has 0 spiro atoms. The van der Waals surface area contributed by atoms with E-state index in [0.717, 1.165) is 0 Å². The van der Waals surface area contributed by atoms with Crippen LogP contribution in [0.1, 0.15) is 12.8 Å². The highest BCUT2D eigenvalue weighted by molar-refractivity contribution is 6.32. The average Bonchev–Trinajstić information content (AvgIpc) is 2.94. The summed E-state index contributed by atoms with van der Waals surface area (Å²) in [5, 5.41) is 18.2. The molecule has 0 radical (unpaired) electrons. The van der Waals surface area contributed by atoms with Crippen LogP contribution in [0.4, 0.5) is 0 Å². The molecule has 0 aliphatic heterocycles. The molecule has 5 nitrogen and oxygen atoms in total. The summed E-state index contributed by atoms with van der Waals surface area (Å²) >= 11 is 11.1. The normalized spacial score (nSPS) is 17.5. The summed E-state index contributed by atoms with van der Waals surface area (Å²) in [6, 6.07) is 0. The van der Waals surface area contributed by atoms with Gasteiger partial charge in [0, 0.05) is 0 Å². The van der Waals surface area contributed by atoms with Gasteiger partial charge in [0.15, 0.2) is 5.15 Å². The monoisotopic (exact) mass is 250 g/mol. The van der Waals surface area contributed by atoms with Gasteiger partial charge in [-0.25, -0.2) is 4.98 Å². The molecule has 1 aromatic rings. The molecule has 1 saturated carbocycles. The molecule has 82 valence electrons. The van der Waals surface area contributed by atoms with Crippen molar-refractivity contribution in [3.63, 3.8) is 0 Å². The lowest BCUT2D eigenvalue weighted by molar-refractivity contribution is 0.0877. The Morgan fingerprint density at radius 3 is 2.53 bits per heavy atom. The first-order valence-electron chi connectivity index (χ1n) is 4.28. The van der Waals surface area contributed by atoms with Crippen molar-refractivity contribution in [2.75, 3.05) is 6.61 Å². The maximum atomic E-state index is 9.49. The van der Waals surface area contributed by atoms with E-state index in [-0.39, 0.29) is 28.7 Å². The summed E-state index contributed by atoms with van der Waals surface area (Å²) < 4.78 is 5.33. The van der Waals surface area contributed by atoms with Crippen LogP contribution in [-0.4, -0.2) is 32.4 Å². The number of nitrogens with zero attached hydrogens (tertiary/aromatic N) is 2. The zero-order valence-corrected chi connectivity index (χ0v) is 9.09. The molecule has 1 aromatic heterocycles. The molecule has 2 N–H and O–H groups in total.